The standard InChI is InChI=1S/C27H28FN3O2/c28-21-9-10-22-23(29-33-26(22)17-21)6-3-13-30-15-11-19(12-16-30)27-24-7-4-14-31(24)18-20-5-1-2-8-25(20)32-27/h1-2,4-5,7-10,14,17,19,27H,3,6,11-13,15-16,18H2. The van der Waals surface area contributed by atoms with Crippen molar-refractivity contribution in [3.8, 4) is 5.75 Å². The fourth-order valence-electron chi connectivity index (χ4n) is 5.39. The number of fused-ring (bicyclic) bond motifs is 3. The molecule has 4 heterocycles. The third-order valence-electron chi connectivity index (χ3n) is 7.18. The number of aromatic nitrogens is 2. The van der Waals surface area contributed by atoms with Crippen LogP contribution < -0.4 is 4.74 Å². The number of piperidine rings is 1. The lowest BCUT2D eigenvalue weighted by atomic mass is 9.89. The van der Waals surface area contributed by atoms with Crippen LogP contribution in [0.3, 0.4) is 0 Å². The molecular weight excluding hydrogens is 417 g/mol. The molecule has 170 valence electrons. The number of halogens is 1. The van der Waals surface area contributed by atoms with Crippen LogP contribution in [0.1, 0.15) is 42.3 Å². The van der Waals surface area contributed by atoms with Crippen molar-refractivity contribution >= 4 is 11.0 Å². The predicted octanol–water partition coefficient (Wildman–Crippen LogP) is 5.60. The summed E-state index contributed by atoms with van der Waals surface area (Å²) in [6.45, 7) is 4.07. The number of para-hydroxylation sites is 1. The van der Waals surface area contributed by atoms with E-state index in [1.165, 1.54) is 23.4 Å². The SMILES string of the molecule is Fc1ccc2c(CCCN3CCC(C4Oc5ccccc5Cn5cccc54)CC3)noc2c1. The minimum absolute atomic E-state index is 0.104. The molecule has 1 atom stereocenters. The van der Waals surface area contributed by atoms with E-state index in [1.807, 2.05) is 0 Å². The average molecular weight is 446 g/mol. The highest BCUT2D eigenvalue weighted by molar-refractivity contribution is 5.79. The largest absolute Gasteiger partial charge is 0.484 e. The van der Waals surface area contributed by atoms with Gasteiger partial charge in [0.25, 0.3) is 0 Å². The van der Waals surface area contributed by atoms with Crippen LogP contribution in [0.5, 0.6) is 5.75 Å². The van der Waals surface area contributed by atoms with Gasteiger partial charge in [0, 0.05) is 29.1 Å². The summed E-state index contributed by atoms with van der Waals surface area (Å²) in [6.07, 6.45) is 6.39. The van der Waals surface area contributed by atoms with Gasteiger partial charge in [0.2, 0.25) is 0 Å². The zero-order chi connectivity index (χ0) is 22.2. The average Bonchev–Trinajstić information content (AvgIpc) is 3.42. The normalized spacial score (nSPS) is 19.1. The minimum Gasteiger partial charge on any atom is -0.484 e. The van der Waals surface area contributed by atoms with Gasteiger partial charge in [-0.2, -0.15) is 0 Å². The van der Waals surface area contributed by atoms with E-state index >= 15 is 0 Å². The first kappa shape index (κ1) is 20.5. The molecule has 2 aromatic carbocycles. The van der Waals surface area contributed by atoms with Gasteiger partial charge in [0.05, 0.1) is 17.9 Å². The van der Waals surface area contributed by atoms with Crippen LogP contribution in [0, 0.1) is 11.7 Å². The molecule has 1 unspecified atom stereocenters. The molecule has 5 nitrogen and oxygen atoms in total. The number of rotatable bonds is 5. The molecule has 6 heteroatoms. The van der Waals surface area contributed by atoms with E-state index in [4.69, 9.17) is 9.26 Å². The number of hydrogen-bond donors (Lipinski definition) is 0. The van der Waals surface area contributed by atoms with E-state index in [0.29, 0.717) is 11.5 Å². The monoisotopic (exact) mass is 445 g/mol. The lowest BCUT2D eigenvalue weighted by molar-refractivity contribution is 0.0737. The lowest BCUT2D eigenvalue weighted by Crippen LogP contribution is -2.37. The van der Waals surface area contributed by atoms with Gasteiger partial charge in [-0.3, -0.25) is 0 Å². The first-order valence-corrected chi connectivity index (χ1v) is 11.9. The molecule has 2 aliphatic heterocycles. The molecular formula is C27H28FN3O2. The van der Waals surface area contributed by atoms with Crippen LogP contribution in [-0.4, -0.2) is 34.3 Å². The Morgan fingerprint density at radius 2 is 1.91 bits per heavy atom. The van der Waals surface area contributed by atoms with Crippen LogP contribution in [0.2, 0.25) is 0 Å². The first-order chi connectivity index (χ1) is 16.2. The lowest BCUT2D eigenvalue weighted by Gasteiger charge is -2.36. The maximum absolute atomic E-state index is 13.4. The van der Waals surface area contributed by atoms with E-state index in [0.717, 1.165) is 68.7 Å². The highest BCUT2D eigenvalue weighted by Gasteiger charge is 2.33. The van der Waals surface area contributed by atoms with Gasteiger partial charge < -0.3 is 18.7 Å². The maximum Gasteiger partial charge on any atom is 0.170 e. The summed E-state index contributed by atoms with van der Waals surface area (Å²) in [6, 6.07) is 17.4. The Kier molecular flexibility index (Phi) is 5.38. The molecule has 0 N–H and O–H groups in total. The smallest absolute Gasteiger partial charge is 0.170 e. The van der Waals surface area contributed by atoms with E-state index < -0.39 is 0 Å². The molecule has 2 aliphatic rings. The fraction of sp³-hybridized carbons (Fsp3) is 0.370. The van der Waals surface area contributed by atoms with Gasteiger partial charge in [-0.25, -0.2) is 4.39 Å². The zero-order valence-electron chi connectivity index (χ0n) is 18.6. The number of hydrogen-bond acceptors (Lipinski definition) is 4. The third-order valence-corrected chi connectivity index (χ3v) is 7.18. The van der Waals surface area contributed by atoms with Crippen molar-refractivity contribution in [2.75, 3.05) is 19.6 Å². The van der Waals surface area contributed by atoms with Gasteiger partial charge in [0.15, 0.2) is 5.58 Å². The molecule has 1 fully saturated rings. The molecule has 0 bridgehead atoms. The molecule has 6 rings (SSSR count). The molecule has 0 saturated carbocycles. The summed E-state index contributed by atoms with van der Waals surface area (Å²) in [4.78, 5) is 2.54. The van der Waals surface area contributed by atoms with Gasteiger partial charge in [-0.1, -0.05) is 23.4 Å². The Bertz CT molecular complexity index is 1260. The second kappa shape index (κ2) is 8.67. The molecule has 0 radical (unpaired) electrons. The van der Waals surface area contributed by atoms with Gasteiger partial charge in [-0.05, 0) is 75.6 Å². The van der Waals surface area contributed by atoms with Crippen molar-refractivity contribution in [1.82, 2.24) is 14.6 Å². The highest BCUT2D eigenvalue weighted by atomic mass is 19.1. The van der Waals surface area contributed by atoms with Crippen LogP contribution >= 0.6 is 0 Å². The second-order valence-electron chi connectivity index (χ2n) is 9.26. The summed E-state index contributed by atoms with van der Waals surface area (Å²) in [7, 11) is 0. The number of likely N-dealkylation sites (tertiary alicyclic amines) is 1. The molecule has 0 amide bonds. The first-order valence-electron chi connectivity index (χ1n) is 11.9. The van der Waals surface area contributed by atoms with Crippen LogP contribution in [0.4, 0.5) is 4.39 Å². The van der Waals surface area contributed by atoms with Crippen molar-refractivity contribution < 1.29 is 13.7 Å². The van der Waals surface area contributed by atoms with E-state index in [9.17, 15) is 4.39 Å². The van der Waals surface area contributed by atoms with Crippen LogP contribution in [0.15, 0.2) is 65.3 Å². The Balaban J connectivity index is 1.07. The Labute approximate surface area is 192 Å². The summed E-state index contributed by atoms with van der Waals surface area (Å²) >= 11 is 0. The number of benzene rings is 2. The molecule has 1 saturated heterocycles. The molecule has 0 aliphatic carbocycles. The van der Waals surface area contributed by atoms with Crippen molar-refractivity contribution in [2.45, 2.75) is 38.3 Å². The van der Waals surface area contributed by atoms with E-state index in [-0.39, 0.29) is 11.9 Å². The summed E-state index contributed by atoms with van der Waals surface area (Å²) < 4.78 is 27.6. The van der Waals surface area contributed by atoms with Crippen LogP contribution in [-0.2, 0) is 13.0 Å². The van der Waals surface area contributed by atoms with Crippen molar-refractivity contribution in [2.24, 2.45) is 5.92 Å². The topological polar surface area (TPSA) is 43.4 Å². The third kappa shape index (κ3) is 4.04. The molecule has 33 heavy (non-hydrogen) atoms. The van der Waals surface area contributed by atoms with E-state index in [2.05, 4.69) is 57.2 Å². The number of nitrogens with zero attached hydrogens (tertiary/aromatic N) is 3. The highest BCUT2D eigenvalue weighted by Crippen LogP contribution is 2.39. The molecule has 2 aromatic heterocycles. The van der Waals surface area contributed by atoms with Crippen molar-refractivity contribution in [1.29, 1.82) is 0 Å². The minimum atomic E-state index is -0.290. The summed E-state index contributed by atoms with van der Waals surface area (Å²) in [5, 5.41) is 5.08. The van der Waals surface area contributed by atoms with Crippen LogP contribution in [0.25, 0.3) is 11.0 Å². The Hall–Kier alpha value is -3.12. The molecule has 0 spiro atoms. The van der Waals surface area contributed by atoms with E-state index in [1.54, 1.807) is 6.07 Å². The Morgan fingerprint density at radius 1 is 1.03 bits per heavy atom. The maximum atomic E-state index is 13.4. The molecule has 4 aromatic rings. The summed E-state index contributed by atoms with van der Waals surface area (Å²) in [5.74, 6) is 1.24. The van der Waals surface area contributed by atoms with Gasteiger partial charge >= 0.3 is 0 Å². The van der Waals surface area contributed by atoms with Gasteiger partial charge in [-0.15, -0.1) is 0 Å². The Morgan fingerprint density at radius 3 is 2.82 bits per heavy atom. The number of ether oxygens (including phenoxy) is 1. The van der Waals surface area contributed by atoms with Crippen molar-refractivity contribution in [3.05, 3.63) is 83.6 Å². The predicted molar refractivity (Wildman–Crippen MR) is 125 cm³/mol. The quantitative estimate of drug-likeness (QED) is 0.401. The number of aryl methyl sites for hydroxylation is 1. The second-order valence-corrected chi connectivity index (χ2v) is 9.26. The zero-order valence-corrected chi connectivity index (χ0v) is 18.6. The van der Waals surface area contributed by atoms with Gasteiger partial charge in [0.1, 0.15) is 17.7 Å². The fourth-order valence-corrected chi connectivity index (χ4v) is 5.39. The summed E-state index contributed by atoms with van der Waals surface area (Å²) in [5.41, 5.74) is 3.99. The van der Waals surface area contributed by atoms with Crippen molar-refractivity contribution in [3.63, 3.8) is 0 Å².